The molecule has 2 aromatic heterocycles. The van der Waals surface area contributed by atoms with Gasteiger partial charge in [0.2, 0.25) is 5.78 Å². The molecule has 1 fully saturated rings. The number of carbonyl (C=O) groups is 1. The van der Waals surface area contributed by atoms with E-state index in [9.17, 15) is 4.79 Å². The zero-order chi connectivity index (χ0) is 14.3. The molecular weight excluding hydrogens is 256 g/mol. The van der Waals surface area contributed by atoms with Crippen molar-refractivity contribution in [2.75, 3.05) is 6.54 Å². The Morgan fingerprint density at radius 1 is 1.45 bits per heavy atom. The normalized spacial score (nSPS) is 15.2. The maximum absolute atomic E-state index is 10.9. The summed E-state index contributed by atoms with van der Waals surface area (Å²) in [5, 5.41) is 8.98. The average Bonchev–Trinajstić information content (AvgIpc) is 3.10. The predicted octanol–water partition coefficient (Wildman–Crippen LogP) is 1.40. The Bertz CT molecular complexity index is 660. The van der Waals surface area contributed by atoms with Gasteiger partial charge in [0.15, 0.2) is 0 Å². The van der Waals surface area contributed by atoms with Crippen LogP contribution in [0.15, 0.2) is 12.3 Å². The van der Waals surface area contributed by atoms with Crippen molar-refractivity contribution in [1.29, 1.82) is 0 Å². The highest BCUT2D eigenvalue weighted by molar-refractivity contribution is 5.69. The number of aliphatic carboxylic acids is 1. The number of aryl methyl sites for hydroxylation is 2. The molecule has 0 aliphatic heterocycles. The maximum atomic E-state index is 10.9. The maximum Gasteiger partial charge on any atom is 0.317 e. The first kappa shape index (κ1) is 13.1. The molecule has 0 amide bonds. The third-order valence-electron chi connectivity index (χ3n) is 3.58. The Labute approximate surface area is 117 Å². The minimum absolute atomic E-state index is 0.0734. The van der Waals surface area contributed by atoms with Gasteiger partial charge in [-0.15, -0.1) is 0 Å². The number of aromatic nitrogens is 3. The van der Waals surface area contributed by atoms with E-state index in [0.29, 0.717) is 18.4 Å². The van der Waals surface area contributed by atoms with Crippen LogP contribution in [-0.4, -0.2) is 42.9 Å². The van der Waals surface area contributed by atoms with Crippen LogP contribution in [0.1, 0.15) is 29.9 Å². The van der Waals surface area contributed by atoms with Crippen LogP contribution in [0.5, 0.6) is 0 Å². The van der Waals surface area contributed by atoms with Gasteiger partial charge in [-0.1, -0.05) is 0 Å². The van der Waals surface area contributed by atoms with Gasteiger partial charge in [-0.25, -0.2) is 9.97 Å². The number of carboxylic acid groups (broad SMARTS) is 1. The van der Waals surface area contributed by atoms with E-state index in [-0.39, 0.29) is 6.54 Å². The summed E-state index contributed by atoms with van der Waals surface area (Å²) in [6.07, 6.45) is 4.11. The quantitative estimate of drug-likeness (QED) is 0.892. The smallest absolute Gasteiger partial charge is 0.317 e. The summed E-state index contributed by atoms with van der Waals surface area (Å²) >= 11 is 0. The van der Waals surface area contributed by atoms with Crippen molar-refractivity contribution in [1.82, 2.24) is 19.3 Å². The second-order valence-electron chi connectivity index (χ2n) is 5.47. The summed E-state index contributed by atoms with van der Waals surface area (Å²) in [6, 6.07) is 2.40. The zero-order valence-corrected chi connectivity index (χ0v) is 11.7. The molecular formula is C14H18N4O2. The van der Waals surface area contributed by atoms with Gasteiger partial charge in [-0.2, -0.15) is 0 Å². The van der Waals surface area contributed by atoms with Gasteiger partial charge < -0.3 is 5.11 Å². The molecule has 0 spiro atoms. The lowest BCUT2D eigenvalue weighted by molar-refractivity contribution is -0.138. The highest BCUT2D eigenvalue weighted by Gasteiger charge is 2.30. The molecule has 6 heteroatoms. The van der Waals surface area contributed by atoms with E-state index in [0.717, 1.165) is 29.9 Å². The molecule has 1 N–H and O–H groups in total. The molecule has 0 bridgehead atoms. The topological polar surface area (TPSA) is 70.7 Å². The third kappa shape index (κ3) is 2.65. The molecule has 6 nitrogen and oxygen atoms in total. The van der Waals surface area contributed by atoms with Crippen LogP contribution in [0.3, 0.4) is 0 Å². The summed E-state index contributed by atoms with van der Waals surface area (Å²) < 4.78 is 1.95. The van der Waals surface area contributed by atoms with Gasteiger partial charge in [0.25, 0.3) is 0 Å². The Hall–Kier alpha value is -1.95. The van der Waals surface area contributed by atoms with Crippen LogP contribution in [0.4, 0.5) is 0 Å². The van der Waals surface area contributed by atoms with Crippen molar-refractivity contribution >= 4 is 11.7 Å². The summed E-state index contributed by atoms with van der Waals surface area (Å²) in [5.41, 5.74) is 2.90. The van der Waals surface area contributed by atoms with Crippen LogP contribution < -0.4 is 0 Å². The second kappa shape index (κ2) is 4.86. The van der Waals surface area contributed by atoms with Crippen molar-refractivity contribution in [2.45, 2.75) is 39.3 Å². The van der Waals surface area contributed by atoms with E-state index in [1.807, 2.05) is 35.4 Å². The van der Waals surface area contributed by atoms with Crippen molar-refractivity contribution in [3.63, 3.8) is 0 Å². The van der Waals surface area contributed by atoms with E-state index < -0.39 is 5.97 Å². The van der Waals surface area contributed by atoms with Gasteiger partial charge in [-0.05, 0) is 32.8 Å². The van der Waals surface area contributed by atoms with Crippen molar-refractivity contribution in [3.05, 3.63) is 29.3 Å². The van der Waals surface area contributed by atoms with Crippen molar-refractivity contribution in [3.8, 4) is 0 Å². The lowest BCUT2D eigenvalue weighted by Gasteiger charge is -2.17. The minimum atomic E-state index is -0.786. The molecule has 0 radical (unpaired) electrons. The van der Waals surface area contributed by atoms with Crippen LogP contribution in [0.25, 0.3) is 5.78 Å². The van der Waals surface area contributed by atoms with Gasteiger partial charge in [0.05, 0.1) is 12.2 Å². The van der Waals surface area contributed by atoms with Gasteiger partial charge in [0, 0.05) is 30.2 Å². The highest BCUT2D eigenvalue weighted by Crippen LogP contribution is 2.28. The standard InChI is InChI=1S/C14H18N4O2/c1-9-5-10(2)18-7-11(16-14(18)15-9)6-17(8-13(19)20)12-3-4-12/h5,7,12H,3-4,6,8H2,1-2H3,(H,19,20). The van der Waals surface area contributed by atoms with Crippen LogP contribution in [0.2, 0.25) is 0 Å². The Balaban J connectivity index is 1.86. The molecule has 1 aliphatic rings. The number of fused-ring (bicyclic) bond motifs is 1. The first-order chi connectivity index (χ1) is 9.52. The summed E-state index contributed by atoms with van der Waals surface area (Å²) in [5.74, 6) is -0.102. The second-order valence-corrected chi connectivity index (χ2v) is 5.47. The van der Waals surface area contributed by atoms with Crippen molar-refractivity contribution < 1.29 is 9.90 Å². The molecule has 2 aromatic rings. The fourth-order valence-electron chi connectivity index (χ4n) is 2.53. The summed E-state index contributed by atoms with van der Waals surface area (Å²) in [6.45, 7) is 4.61. The number of hydrogen-bond acceptors (Lipinski definition) is 4. The molecule has 106 valence electrons. The number of nitrogens with zero attached hydrogens (tertiary/aromatic N) is 4. The van der Waals surface area contributed by atoms with E-state index in [1.54, 1.807) is 0 Å². The first-order valence-electron chi connectivity index (χ1n) is 6.81. The van der Waals surface area contributed by atoms with Gasteiger partial charge in [0.1, 0.15) is 0 Å². The van der Waals surface area contributed by atoms with Crippen LogP contribution in [0, 0.1) is 13.8 Å². The first-order valence-corrected chi connectivity index (χ1v) is 6.81. The fraction of sp³-hybridized carbons (Fsp3) is 0.500. The number of hydrogen-bond donors (Lipinski definition) is 1. The average molecular weight is 274 g/mol. The van der Waals surface area contributed by atoms with Crippen LogP contribution in [-0.2, 0) is 11.3 Å². The number of imidazole rings is 1. The SMILES string of the molecule is Cc1cc(C)n2cc(CN(CC(=O)O)C3CC3)nc2n1. The zero-order valence-electron chi connectivity index (χ0n) is 11.7. The molecule has 3 rings (SSSR count). The molecule has 1 aliphatic carbocycles. The Kier molecular flexibility index (Phi) is 3.17. The number of carboxylic acids is 1. The van der Waals surface area contributed by atoms with Crippen molar-refractivity contribution in [2.24, 2.45) is 0 Å². The summed E-state index contributed by atoms with van der Waals surface area (Å²) in [4.78, 5) is 21.8. The molecule has 0 aromatic carbocycles. The third-order valence-corrected chi connectivity index (χ3v) is 3.58. The summed E-state index contributed by atoms with van der Waals surface area (Å²) in [7, 11) is 0. The Morgan fingerprint density at radius 2 is 2.20 bits per heavy atom. The van der Waals surface area contributed by atoms with Gasteiger partial charge in [-0.3, -0.25) is 14.1 Å². The molecule has 0 saturated heterocycles. The highest BCUT2D eigenvalue weighted by atomic mass is 16.4. The lowest BCUT2D eigenvalue weighted by Crippen LogP contribution is -2.31. The molecule has 2 heterocycles. The van der Waals surface area contributed by atoms with E-state index in [2.05, 4.69) is 9.97 Å². The van der Waals surface area contributed by atoms with Gasteiger partial charge >= 0.3 is 5.97 Å². The van der Waals surface area contributed by atoms with E-state index in [1.165, 1.54) is 0 Å². The molecule has 0 unspecified atom stereocenters. The number of rotatable bonds is 5. The largest absolute Gasteiger partial charge is 0.480 e. The van der Waals surface area contributed by atoms with Crippen LogP contribution >= 0.6 is 0 Å². The minimum Gasteiger partial charge on any atom is -0.480 e. The van der Waals surface area contributed by atoms with E-state index >= 15 is 0 Å². The molecule has 1 saturated carbocycles. The Morgan fingerprint density at radius 3 is 2.85 bits per heavy atom. The van der Waals surface area contributed by atoms with E-state index in [4.69, 9.17) is 5.11 Å². The molecule has 0 atom stereocenters. The predicted molar refractivity (Wildman–Crippen MR) is 73.5 cm³/mol. The lowest BCUT2D eigenvalue weighted by atomic mass is 10.3. The fourth-order valence-corrected chi connectivity index (χ4v) is 2.53. The monoisotopic (exact) mass is 274 g/mol. The molecule has 20 heavy (non-hydrogen) atoms.